The molecule has 5 nitrogen and oxygen atoms in total. The molecule has 0 fully saturated rings. The first-order valence-corrected chi connectivity index (χ1v) is 16.5. The molecule has 0 bridgehead atoms. The molecule has 1 aromatic carbocycles. The number of rotatable bonds is 23. The van der Waals surface area contributed by atoms with E-state index in [1.54, 1.807) is 36.7 Å². The van der Waals surface area contributed by atoms with Gasteiger partial charge in [-0.05, 0) is 55.5 Å². The van der Waals surface area contributed by atoms with Crippen molar-refractivity contribution in [3.63, 3.8) is 0 Å². The van der Waals surface area contributed by atoms with Crippen LogP contribution in [0.1, 0.15) is 76.7 Å². The van der Waals surface area contributed by atoms with Gasteiger partial charge in [-0.15, -0.1) is 0 Å². The number of carbonyl (C=O) groups excluding carboxylic acids is 1. The van der Waals surface area contributed by atoms with Gasteiger partial charge in [0.25, 0.3) is 0 Å². The fourth-order valence-corrected chi connectivity index (χ4v) is 4.72. The summed E-state index contributed by atoms with van der Waals surface area (Å²) >= 11 is 0. The van der Waals surface area contributed by atoms with Crippen LogP contribution in [0.4, 0.5) is 74.6 Å². The normalized spacial score (nSPS) is 13.9. The molecule has 2 aromatic rings. The molecule has 0 aliphatic heterocycles. The average Bonchev–Trinajstić information content (AvgIpc) is 3.09. The van der Waals surface area contributed by atoms with E-state index >= 15 is 0 Å². The van der Waals surface area contributed by atoms with Crippen LogP contribution in [0.25, 0.3) is 11.4 Å². The number of aromatic nitrogens is 2. The monoisotopic (exact) mass is 830 g/mol. The Morgan fingerprint density at radius 2 is 1.07 bits per heavy atom. The number of esters is 1. The standard InChI is InChI=1S/C33H35F17N2O3/c1-2-3-4-7-10-21-19-51-25(52-20-21)22-12-14-23(15-13-22)54-17-9-6-5-8-11-24(53)55-18-16-26(34,35)27(36,37)28(38,39)29(40,41)30(42,43)31(44,45)32(46,47)33(48,49)50/h12-15,19-20H,2-11,16-18H2,1H3. The molecule has 0 aliphatic rings. The Labute approximate surface area is 303 Å². The lowest BCUT2D eigenvalue weighted by molar-refractivity contribution is -0.461. The number of ether oxygens (including phenoxy) is 2. The van der Waals surface area contributed by atoms with Crippen molar-refractivity contribution in [2.24, 2.45) is 0 Å². The molecule has 0 atom stereocenters. The minimum Gasteiger partial charge on any atom is -0.494 e. The second kappa shape index (κ2) is 18.1. The molecular weight excluding hydrogens is 795 g/mol. The number of nitrogens with zero attached hydrogens (tertiary/aromatic N) is 2. The van der Waals surface area contributed by atoms with Gasteiger partial charge in [0.1, 0.15) is 5.75 Å². The number of aryl methyl sites for hydroxylation is 1. The Balaban J connectivity index is 1.80. The number of unbranched alkanes of at least 4 members (excludes halogenated alkanes) is 6. The highest BCUT2D eigenvalue weighted by Gasteiger charge is 2.95. The number of benzene rings is 1. The zero-order chi connectivity index (χ0) is 42.2. The van der Waals surface area contributed by atoms with Crippen molar-refractivity contribution in [1.29, 1.82) is 0 Å². The van der Waals surface area contributed by atoms with Gasteiger partial charge < -0.3 is 9.47 Å². The van der Waals surface area contributed by atoms with Crippen molar-refractivity contribution in [2.45, 2.75) is 125 Å². The molecule has 22 heteroatoms. The predicted molar refractivity (Wildman–Crippen MR) is 160 cm³/mol. The summed E-state index contributed by atoms with van der Waals surface area (Å²) in [6.45, 7) is 0.388. The lowest BCUT2D eigenvalue weighted by Crippen LogP contribution is -2.74. The van der Waals surface area contributed by atoms with E-state index in [-0.39, 0.29) is 19.4 Å². The van der Waals surface area contributed by atoms with Crippen molar-refractivity contribution in [3.05, 3.63) is 42.2 Å². The Hall–Kier alpha value is -3.62. The van der Waals surface area contributed by atoms with Gasteiger partial charge >= 0.3 is 53.6 Å². The Kier molecular flexibility index (Phi) is 15.6. The third-order valence-corrected chi connectivity index (χ3v) is 8.15. The SMILES string of the molecule is CCCCCCc1cnc(-c2ccc(OCCCCCCC(=O)OCCC(F)(F)C(F)(F)C(F)(F)C(F)(F)C(F)(F)C(F)(F)C(F)(F)C(F)(F)F)cc2)nc1. The van der Waals surface area contributed by atoms with Crippen LogP contribution in [0.5, 0.6) is 5.75 Å². The van der Waals surface area contributed by atoms with E-state index < -0.39 is 73.1 Å². The zero-order valence-electron chi connectivity index (χ0n) is 28.7. The molecular formula is C33H35F17N2O3. The quantitative estimate of drug-likeness (QED) is 0.0634. The summed E-state index contributed by atoms with van der Waals surface area (Å²) in [5, 5.41) is 0. The van der Waals surface area contributed by atoms with E-state index in [0.717, 1.165) is 43.2 Å². The van der Waals surface area contributed by atoms with Crippen molar-refractivity contribution in [1.82, 2.24) is 9.97 Å². The maximum absolute atomic E-state index is 14.0. The van der Waals surface area contributed by atoms with E-state index in [9.17, 15) is 79.4 Å². The van der Waals surface area contributed by atoms with Crippen molar-refractivity contribution < 1.29 is 88.9 Å². The fourth-order valence-electron chi connectivity index (χ4n) is 4.72. The summed E-state index contributed by atoms with van der Waals surface area (Å²) in [5.41, 5.74) is 1.78. The number of alkyl halides is 17. The molecule has 55 heavy (non-hydrogen) atoms. The zero-order valence-corrected chi connectivity index (χ0v) is 28.7. The molecule has 0 spiro atoms. The highest BCUT2D eigenvalue weighted by Crippen LogP contribution is 2.64. The summed E-state index contributed by atoms with van der Waals surface area (Å²) in [6, 6.07) is 6.88. The minimum atomic E-state index is -8.69. The summed E-state index contributed by atoms with van der Waals surface area (Å²) in [6.07, 6.45) is -1.17. The molecule has 0 saturated carbocycles. The van der Waals surface area contributed by atoms with Crippen molar-refractivity contribution >= 4 is 5.97 Å². The average molecular weight is 831 g/mol. The molecule has 0 radical (unpaired) electrons. The smallest absolute Gasteiger partial charge is 0.460 e. The van der Waals surface area contributed by atoms with Crippen LogP contribution >= 0.6 is 0 Å². The maximum Gasteiger partial charge on any atom is 0.460 e. The van der Waals surface area contributed by atoms with Gasteiger partial charge in [0.2, 0.25) is 0 Å². The van der Waals surface area contributed by atoms with E-state index in [2.05, 4.69) is 21.6 Å². The maximum atomic E-state index is 14.0. The number of halogens is 17. The van der Waals surface area contributed by atoms with Crippen LogP contribution in [0, 0.1) is 0 Å². The lowest BCUT2D eigenvalue weighted by Gasteiger charge is -2.42. The first kappa shape index (κ1) is 47.5. The molecule has 0 amide bonds. The van der Waals surface area contributed by atoms with Crippen LogP contribution in [0.2, 0.25) is 0 Å². The summed E-state index contributed by atoms with van der Waals surface area (Å²) < 4.78 is 237. The Morgan fingerprint density at radius 1 is 0.582 bits per heavy atom. The van der Waals surface area contributed by atoms with Crippen LogP contribution in [0.15, 0.2) is 36.7 Å². The Morgan fingerprint density at radius 3 is 1.60 bits per heavy atom. The van der Waals surface area contributed by atoms with Gasteiger partial charge in [-0.1, -0.05) is 39.0 Å². The number of hydrogen-bond donors (Lipinski definition) is 0. The van der Waals surface area contributed by atoms with Crippen LogP contribution < -0.4 is 4.74 Å². The second-order valence-electron chi connectivity index (χ2n) is 12.4. The first-order chi connectivity index (χ1) is 25.1. The van der Waals surface area contributed by atoms with E-state index in [0.29, 0.717) is 24.4 Å². The van der Waals surface area contributed by atoms with Crippen molar-refractivity contribution in [3.8, 4) is 17.1 Å². The van der Waals surface area contributed by atoms with Gasteiger partial charge in [0.15, 0.2) is 5.82 Å². The van der Waals surface area contributed by atoms with Gasteiger partial charge in [-0.2, -0.15) is 74.6 Å². The third-order valence-electron chi connectivity index (χ3n) is 8.15. The Bertz CT molecular complexity index is 1500. The molecule has 1 aromatic heterocycles. The molecule has 314 valence electrons. The van der Waals surface area contributed by atoms with Gasteiger partial charge in [0.05, 0.1) is 19.6 Å². The molecule has 0 unspecified atom stereocenters. The van der Waals surface area contributed by atoms with Gasteiger partial charge in [-0.25, -0.2) is 9.97 Å². The molecule has 0 aliphatic carbocycles. The first-order valence-electron chi connectivity index (χ1n) is 16.5. The molecule has 2 rings (SSSR count). The largest absolute Gasteiger partial charge is 0.494 e. The predicted octanol–water partition coefficient (Wildman–Crippen LogP) is 11.5. The number of carbonyl (C=O) groups is 1. The molecule has 0 N–H and O–H groups in total. The molecule has 0 saturated heterocycles. The lowest BCUT2D eigenvalue weighted by atomic mass is 9.88. The molecule has 1 heterocycles. The topological polar surface area (TPSA) is 61.3 Å². The highest BCUT2D eigenvalue weighted by molar-refractivity contribution is 5.69. The summed E-state index contributed by atoms with van der Waals surface area (Å²) in [5.74, 6) is -57.3. The van der Waals surface area contributed by atoms with Gasteiger partial charge in [-0.3, -0.25) is 4.79 Å². The number of hydrogen-bond acceptors (Lipinski definition) is 5. The van der Waals surface area contributed by atoms with Crippen molar-refractivity contribution in [2.75, 3.05) is 13.2 Å². The van der Waals surface area contributed by atoms with Crippen LogP contribution in [-0.2, 0) is 16.0 Å². The fraction of sp³-hybridized carbons (Fsp3) is 0.667. The highest BCUT2D eigenvalue weighted by atomic mass is 19.4. The van der Waals surface area contributed by atoms with E-state index in [4.69, 9.17) is 4.74 Å². The van der Waals surface area contributed by atoms with Gasteiger partial charge in [0, 0.05) is 24.4 Å². The van der Waals surface area contributed by atoms with Crippen LogP contribution in [-0.4, -0.2) is 76.8 Å². The van der Waals surface area contributed by atoms with E-state index in [1.807, 2.05) is 0 Å². The second-order valence-corrected chi connectivity index (χ2v) is 12.4. The van der Waals surface area contributed by atoms with Crippen LogP contribution in [0.3, 0.4) is 0 Å². The summed E-state index contributed by atoms with van der Waals surface area (Å²) in [4.78, 5) is 20.5. The van der Waals surface area contributed by atoms with E-state index in [1.165, 1.54) is 0 Å². The summed E-state index contributed by atoms with van der Waals surface area (Å²) in [7, 11) is 0. The minimum absolute atomic E-state index is 0.00619. The third kappa shape index (κ3) is 10.4.